The Bertz CT molecular complexity index is 1940. The van der Waals surface area contributed by atoms with Gasteiger partial charge in [0.15, 0.2) is 4.90 Å². The van der Waals surface area contributed by atoms with Gasteiger partial charge in [-0.05, 0) is 72.1 Å². The number of likely N-dealkylation sites (N-methyl/N-ethyl adjacent to an activating group) is 1. The maximum Gasteiger partial charge on any atom is 0.410 e. The zero-order chi connectivity index (χ0) is 40.0. The Labute approximate surface area is 315 Å². The number of piperidine rings is 1. The third-order valence-corrected chi connectivity index (χ3v) is 11.1. The van der Waals surface area contributed by atoms with Crippen molar-refractivity contribution >= 4 is 39.3 Å². The van der Waals surface area contributed by atoms with Crippen LogP contribution in [0.25, 0.3) is 11.4 Å². The summed E-state index contributed by atoms with van der Waals surface area (Å²) in [5.41, 5.74) is 0.898. The van der Waals surface area contributed by atoms with E-state index in [1.54, 1.807) is 64.5 Å². The van der Waals surface area contributed by atoms with E-state index in [1.807, 2.05) is 19.1 Å². The van der Waals surface area contributed by atoms with Crippen molar-refractivity contribution in [3.8, 4) is 11.4 Å². The molecular formula is C36H50N8O9S. The number of amides is 3. The number of para-hydroxylation sites is 1. The number of nitro groups is 1. The Morgan fingerprint density at radius 2 is 1.74 bits per heavy atom. The molecule has 294 valence electrons. The molecular weight excluding hydrogens is 721 g/mol. The maximum atomic E-state index is 13.9. The largest absolute Gasteiger partial charge is 0.444 e. The van der Waals surface area contributed by atoms with Gasteiger partial charge in [-0.2, -0.15) is 9.29 Å². The first-order valence-corrected chi connectivity index (χ1v) is 19.1. The molecule has 0 bridgehead atoms. The van der Waals surface area contributed by atoms with Gasteiger partial charge in [0.25, 0.3) is 5.69 Å². The fourth-order valence-electron chi connectivity index (χ4n) is 6.01. The zero-order valence-corrected chi connectivity index (χ0v) is 32.9. The number of benzene rings is 2. The fourth-order valence-corrected chi connectivity index (χ4v) is 7.80. The normalized spacial score (nSPS) is 13.9. The highest BCUT2D eigenvalue weighted by atomic mass is 32.2. The van der Waals surface area contributed by atoms with Crippen LogP contribution in [0.1, 0.15) is 58.9 Å². The molecule has 0 radical (unpaired) electrons. The van der Waals surface area contributed by atoms with Crippen molar-refractivity contribution in [3.05, 3.63) is 64.0 Å². The van der Waals surface area contributed by atoms with Crippen LogP contribution in [-0.2, 0) is 24.3 Å². The predicted octanol–water partition coefficient (Wildman–Crippen LogP) is 4.46. The summed E-state index contributed by atoms with van der Waals surface area (Å²) in [5.74, 6) is -0.0814. The summed E-state index contributed by atoms with van der Waals surface area (Å²) in [5, 5.41) is 18.8. The first-order valence-electron chi connectivity index (χ1n) is 17.7. The van der Waals surface area contributed by atoms with Crippen LogP contribution in [0.3, 0.4) is 0 Å². The Hall–Kier alpha value is -5.10. The van der Waals surface area contributed by atoms with Crippen molar-refractivity contribution in [3.63, 3.8) is 0 Å². The number of anilines is 1. The van der Waals surface area contributed by atoms with Crippen LogP contribution in [-0.4, -0.2) is 124 Å². The predicted molar refractivity (Wildman–Crippen MR) is 200 cm³/mol. The molecule has 1 N–H and O–H groups in total. The molecule has 0 atom stereocenters. The minimum Gasteiger partial charge on any atom is -0.444 e. The fraction of sp³-hybridized carbons (Fsp3) is 0.528. The van der Waals surface area contributed by atoms with Crippen LogP contribution in [0, 0.1) is 24.0 Å². The summed E-state index contributed by atoms with van der Waals surface area (Å²) in [7, 11) is -2.75. The smallest absolute Gasteiger partial charge is 0.410 e. The van der Waals surface area contributed by atoms with Gasteiger partial charge >= 0.3 is 6.09 Å². The van der Waals surface area contributed by atoms with Gasteiger partial charge in [-0.15, -0.1) is 0 Å². The number of carbonyl (C=O) groups excluding carboxylic acids is 3. The number of likely N-dealkylation sites (tertiary alicyclic amines) is 1. The van der Waals surface area contributed by atoms with Crippen LogP contribution in [0.4, 0.5) is 16.2 Å². The Morgan fingerprint density at radius 1 is 1.07 bits per heavy atom. The lowest BCUT2D eigenvalue weighted by molar-refractivity contribution is -0.387. The number of aryl methyl sites for hydroxylation is 2. The quantitative estimate of drug-likeness (QED) is 0.179. The summed E-state index contributed by atoms with van der Waals surface area (Å²) >= 11 is 0. The van der Waals surface area contributed by atoms with Gasteiger partial charge in [-0.3, -0.25) is 19.7 Å². The van der Waals surface area contributed by atoms with E-state index in [4.69, 9.17) is 9.26 Å². The van der Waals surface area contributed by atoms with E-state index in [1.165, 1.54) is 23.1 Å². The Kier molecular flexibility index (Phi) is 13.4. The highest BCUT2D eigenvalue weighted by molar-refractivity contribution is 7.89. The van der Waals surface area contributed by atoms with E-state index < -0.39 is 49.2 Å². The lowest BCUT2D eigenvalue weighted by Gasteiger charge is -2.38. The second-order valence-corrected chi connectivity index (χ2v) is 16.3. The van der Waals surface area contributed by atoms with Crippen molar-refractivity contribution in [2.45, 2.75) is 83.9 Å². The van der Waals surface area contributed by atoms with Crippen molar-refractivity contribution in [1.29, 1.82) is 0 Å². The van der Waals surface area contributed by atoms with Gasteiger partial charge in [0, 0.05) is 69.6 Å². The second-order valence-electron chi connectivity index (χ2n) is 14.5. The van der Waals surface area contributed by atoms with Crippen LogP contribution in [0.5, 0.6) is 0 Å². The number of aromatic nitrogens is 2. The Morgan fingerprint density at radius 3 is 2.33 bits per heavy atom. The number of hydrogen-bond donors (Lipinski definition) is 1. The molecule has 0 unspecified atom stereocenters. The molecule has 1 saturated heterocycles. The van der Waals surface area contributed by atoms with Crippen molar-refractivity contribution in [2.24, 2.45) is 0 Å². The van der Waals surface area contributed by atoms with E-state index in [2.05, 4.69) is 15.5 Å². The first kappa shape index (κ1) is 41.7. The summed E-state index contributed by atoms with van der Waals surface area (Å²) in [6.45, 7) is 11.9. The minimum atomic E-state index is -4.39. The van der Waals surface area contributed by atoms with Gasteiger partial charge in [0.2, 0.25) is 33.6 Å². The number of nitrogens with zero attached hydrogens (tertiary/aromatic N) is 7. The number of nitrogens with one attached hydrogen (secondary N) is 1. The third kappa shape index (κ3) is 10.5. The Balaban J connectivity index is 1.53. The first-order chi connectivity index (χ1) is 25.3. The number of ether oxygens (including phenoxy) is 1. The lowest BCUT2D eigenvalue weighted by atomic mass is 10.0. The van der Waals surface area contributed by atoms with Crippen molar-refractivity contribution < 1.29 is 37.0 Å². The molecule has 3 aromatic rings. The molecule has 2 heterocycles. The molecule has 2 aromatic carbocycles. The molecule has 54 heavy (non-hydrogen) atoms. The van der Waals surface area contributed by atoms with Gasteiger partial charge in [-0.25, -0.2) is 13.2 Å². The monoisotopic (exact) mass is 770 g/mol. The van der Waals surface area contributed by atoms with E-state index in [0.717, 1.165) is 15.9 Å². The second kappa shape index (κ2) is 17.4. The number of carbonyl (C=O) groups is 3. The summed E-state index contributed by atoms with van der Waals surface area (Å²) < 4.78 is 39.4. The highest BCUT2D eigenvalue weighted by Crippen LogP contribution is 2.28. The van der Waals surface area contributed by atoms with E-state index in [0.29, 0.717) is 48.9 Å². The number of hydrogen-bond acceptors (Lipinski definition) is 12. The standard InChI is InChI=1S/C36H50N8O9S/c1-24(2)43(54(50,51)31-12-10-9-11-30(31)44(48)49)20-19-42(23-33(46)40(8)28-15-17-41(18-16-28)35(47)52-36(5,6)7)32(45)22-37-29-21-27(14-13-25(29)3)34-38-26(4)53-39-34/h9-14,21,24,28,37H,15-20,22-23H2,1-8H3. The molecule has 1 aliphatic heterocycles. The number of rotatable bonds is 14. The average molecular weight is 771 g/mol. The van der Waals surface area contributed by atoms with Crippen LogP contribution >= 0.6 is 0 Å². The molecule has 4 rings (SSSR count). The van der Waals surface area contributed by atoms with Gasteiger partial charge < -0.3 is 29.3 Å². The SMILES string of the molecule is Cc1nc(-c2ccc(C)c(NCC(=O)N(CCN(C(C)C)S(=O)(=O)c3ccccc3[N+](=O)[O-])CC(=O)N(C)C3CCN(C(=O)OC(C)(C)C)CC3)c2)no1. The maximum absolute atomic E-state index is 13.9. The van der Waals surface area contributed by atoms with Gasteiger partial charge in [-0.1, -0.05) is 29.4 Å². The van der Waals surface area contributed by atoms with Crippen molar-refractivity contribution in [1.82, 2.24) is 29.1 Å². The van der Waals surface area contributed by atoms with Gasteiger partial charge in [0.05, 0.1) is 18.0 Å². The molecule has 1 aliphatic rings. The van der Waals surface area contributed by atoms with Crippen LogP contribution < -0.4 is 5.32 Å². The molecule has 18 heteroatoms. The molecule has 17 nitrogen and oxygen atoms in total. The van der Waals surface area contributed by atoms with E-state index >= 15 is 0 Å². The topological polar surface area (TPSA) is 202 Å². The third-order valence-electron chi connectivity index (χ3n) is 9.00. The minimum absolute atomic E-state index is 0.184. The van der Waals surface area contributed by atoms with Crippen LogP contribution in [0.2, 0.25) is 0 Å². The number of sulfonamides is 1. The molecule has 1 aromatic heterocycles. The molecule has 0 aliphatic carbocycles. The summed E-state index contributed by atoms with van der Waals surface area (Å²) in [4.78, 5) is 59.5. The number of nitro benzene ring substituents is 1. The molecule has 0 saturated carbocycles. The summed E-state index contributed by atoms with van der Waals surface area (Å²) in [6.07, 6.45) is 0.585. The average Bonchev–Trinajstić information content (AvgIpc) is 3.55. The zero-order valence-electron chi connectivity index (χ0n) is 32.1. The summed E-state index contributed by atoms with van der Waals surface area (Å²) in [6, 6.07) is 9.67. The highest BCUT2D eigenvalue weighted by Gasteiger charge is 2.35. The molecule has 3 amide bonds. The molecule has 0 spiro atoms. The van der Waals surface area contributed by atoms with Crippen LogP contribution in [0.15, 0.2) is 51.9 Å². The molecule has 1 fully saturated rings. The lowest BCUT2D eigenvalue weighted by Crippen LogP contribution is -2.52. The van der Waals surface area contributed by atoms with Gasteiger partial charge in [0.1, 0.15) is 5.60 Å². The van der Waals surface area contributed by atoms with E-state index in [-0.39, 0.29) is 38.1 Å². The van der Waals surface area contributed by atoms with Crippen molar-refractivity contribution in [2.75, 3.05) is 51.6 Å². The van der Waals surface area contributed by atoms with E-state index in [9.17, 15) is 32.9 Å².